The summed E-state index contributed by atoms with van der Waals surface area (Å²) in [6.45, 7) is 7.76. The van der Waals surface area contributed by atoms with Crippen molar-refractivity contribution in [2.75, 3.05) is 19.9 Å². The lowest BCUT2D eigenvalue weighted by Crippen LogP contribution is -2.32. The van der Waals surface area contributed by atoms with Gasteiger partial charge in [-0.15, -0.1) is 0 Å². The number of benzene rings is 3. The zero-order valence-corrected chi connectivity index (χ0v) is 25.4. The molecule has 1 aliphatic heterocycles. The second-order valence-corrected chi connectivity index (χ2v) is 11.0. The fourth-order valence-corrected chi connectivity index (χ4v) is 4.96. The molecule has 42 heavy (non-hydrogen) atoms. The Bertz CT molecular complexity index is 1250. The number of unbranched alkanes of at least 4 members (excludes halogenated alkanes) is 8. The quantitative estimate of drug-likeness (QED) is 0.0701. The van der Waals surface area contributed by atoms with Crippen LogP contribution in [-0.2, 0) is 6.54 Å². The second-order valence-electron chi connectivity index (χ2n) is 11.0. The van der Waals surface area contributed by atoms with Crippen LogP contribution in [0, 0.1) is 0 Å². The summed E-state index contributed by atoms with van der Waals surface area (Å²) in [5.41, 5.74) is 3.48. The molecule has 3 aromatic carbocycles. The van der Waals surface area contributed by atoms with Crippen molar-refractivity contribution in [3.63, 3.8) is 0 Å². The smallest absolute Gasteiger partial charge is 0.343 e. The Kier molecular flexibility index (Phi) is 12.9. The van der Waals surface area contributed by atoms with Gasteiger partial charge in [0.25, 0.3) is 0 Å². The van der Waals surface area contributed by atoms with Gasteiger partial charge >= 0.3 is 5.97 Å². The van der Waals surface area contributed by atoms with Crippen LogP contribution in [0.5, 0.6) is 17.2 Å². The number of hydrogen-bond donors (Lipinski definition) is 0. The van der Waals surface area contributed by atoms with E-state index in [-0.39, 0.29) is 0 Å². The Hall–Kier alpha value is -3.64. The lowest BCUT2D eigenvalue weighted by molar-refractivity contribution is 0.0734. The van der Waals surface area contributed by atoms with Gasteiger partial charge in [0.05, 0.1) is 17.9 Å². The van der Waals surface area contributed by atoms with Gasteiger partial charge in [0.15, 0.2) is 0 Å². The van der Waals surface area contributed by atoms with Crippen LogP contribution in [0.15, 0.2) is 71.7 Å². The lowest BCUT2D eigenvalue weighted by atomic mass is 10.1. The standard InChI is InChI=1S/C36H46N2O4/c1-3-5-7-9-11-23-38-27-31-25-32(17-22-35(31)41-28-38)37-26-29-13-18-34(19-14-29)42-36(39)30-15-20-33(21-16-30)40-24-12-10-8-6-4-2/h13-22,25-26H,3-12,23-24,27-28H2,1-2H3. The molecule has 0 aromatic heterocycles. The molecule has 0 radical (unpaired) electrons. The Balaban J connectivity index is 1.23. The number of rotatable bonds is 17. The van der Waals surface area contributed by atoms with E-state index in [4.69, 9.17) is 14.2 Å². The number of carbonyl (C=O) groups is 1. The van der Waals surface area contributed by atoms with E-state index in [0.29, 0.717) is 24.7 Å². The molecular formula is C36H46N2O4. The van der Waals surface area contributed by atoms with Crippen molar-refractivity contribution in [1.82, 2.24) is 4.90 Å². The number of aliphatic imine (C=N–C) groups is 1. The molecule has 0 saturated heterocycles. The maximum absolute atomic E-state index is 12.6. The first-order chi connectivity index (χ1) is 20.6. The van der Waals surface area contributed by atoms with Crippen LogP contribution in [0.2, 0.25) is 0 Å². The fraction of sp³-hybridized carbons (Fsp3) is 0.444. The van der Waals surface area contributed by atoms with Gasteiger partial charge in [0.1, 0.15) is 24.0 Å². The SMILES string of the molecule is CCCCCCCOc1ccc(C(=O)Oc2ccc(C=Nc3ccc4c(c3)CN(CCCCCCC)CO4)cc2)cc1. The van der Waals surface area contributed by atoms with E-state index in [1.54, 1.807) is 24.3 Å². The van der Waals surface area contributed by atoms with Crippen LogP contribution in [0.1, 0.15) is 99.5 Å². The second kappa shape index (κ2) is 17.3. The van der Waals surface area contributed by atoms with Crippen molar-refractivity contribution in [2.24, 2.45) is 4.99 Å². The number of hydrogen-bond acceptors (Lipinski definition) is 6. The van der Waals surface area contributed by atoms with E-state index in [0.717, 1.165) is 42.3 Å². The Morgan fingerprint density at radius 2 is 1.52 bits per heavy atom. The van der Waals surface area contributed by atoms with E-state index in [1.807, 2.05) is 42.6 Å². The van der Waals surface area contributed by atoms with Gasteiger partial charge in [-0.1, -0.05) is 65.2 Å². The zero-order valence-electron chi connectivity index (χ0n) is 25.4. The Labute approximate surface area is 251 Å². The molecule has 1 heterocycles. The minimum atomic E-state index is -0.395. The van der Waals surface area contributed by atoms with E-state index in [2.05, 4.69) is 29.8 Å². The molecule has 6 heteroatoms. The number of fused-ring (bicyclic) bond motifs is 1. The highest BCUT2D eigenvalue weighted by molar-refractivity contribution is 5.91. The van der Waals surface area contributed by atoms with Crippen molar-refractivity contribution in [3.8, 4) is 17.2 Å². The van der Waals surface area contributed by atoms with E-state index >= 15 is 0 Å². The van der Waals surface area contributed by atoms with Crippen molar-refractivity contribution in [2.45, 2.75) is 84.6 Å². The van der Waals surface area contributed by atoms with Crippen LogP contribution < -0.4 is 14.2 Å². The molecule has 0 N–H and O–H groups in total. The molecule has 4 rings (SSSR count). The first-order valence-electron chi connectivity index (χ1n) is 15.7. The van der Waals surface area contributed by atoms with Gasteiger partial charge in [-0.25, -0.2) is 4.79 Å². The summed E-state index contributed by atoms with van der Waals surface area (Å²) >= 11 is 0. The summed E-state index contributed by atoms with van der Waals surface area (Å²) in [6.07, 6.45) is 14.2. The monoisotopic (exact) mass is 570 g/mol. The van der Waals surface area contributed by atoms with Gasteiger partial charge in [-0.2, -0.15) is 0 Å². The maximum atomic E-state index is 12.6. The molecular weight excluding hydrogens is 524 g/mol. The molecule has 0 fully saturated rings. The molecule has 224 valence electrons. The van der Waals surface area contributed by atoms with Gasteiger partial charge < -0.3 is 14.2 Å². The van der Waals surface area contributed by atoms with E-state index < -0.39 is 5.97 Å². The first-order valence-corrected chi connectivity index (χ1v) is 15.7. The summed E-state index contributed by atoms with van der Waals surface area (Å²) in [7, 11) is 0. The highest BCUT2D eigenvalue weighted by Crippen LogP contribution is 2.29. The normalized spacial score (nSPS) is 13.1. The van der Waals surface area contributed by atoms with Crippen LogP contribution in [0.25, 0.3) is 0 Å². The van der Waals surface area contributed by atoms with Crippen molar-refractivity contribution < 1.29 is 19.0 Å². The predicted octanol–water partition coefficient (Wildman–Crippen LogP) is 9.13. The molecule has 0 aliphatic carbocycles. The molecule has 0 unspecified atom stereocenters. The van der Waals surface area contributed by atoms with E-state index in [1.165, 1.54) is 63.4 Å². The van der Waals surface area contributed by atoms with Gasteiger partial charge in [0, 0.05) is 24.9 Å². The lowest BCUT2D eigenvalue weighted by Gasteiger charge is -2.29. The average Bonchev–Trinajstić information content (AvgIpc) is 3.02. The summed E-state index contributed by atoms with van der Waals surface area (Å²) in [5.74, 6) is 1.81. The molecule has 1 aliphatic rings. The van der Waals surface area contributed by atoms with E-state index in [9.17, 15) is 4.79 Å². The third-order valence-corrected chi connectivity index (χ3v) is 7.48. The van der Waals surface area contributed by atoms with Crippen LogP contribution in [-0.4, -0.2) is 37.0 Å². The summed E-state index contributed by atoms with van der Waals surface area (Å²) in [4.78, 5) is 19.7. The van der Waals surface area contributed by atoms with Crippen LogP contribution in [0.4, 0.5) is 5.69 Å². The molecule has 0 amide bonds. The Morgan fingerprint density at radius 3 is 2.26 bits per heavy atom. The highest BCUT2D eigenvalue weighted by atomic mass is 16.5. The average molecular weight is 571 g/mol. The third-order valence-electron chi connectivity index (χ3n) is 7.48. The van der Waals surface area contributed by atoms with Crippen molar-refractivity contribution in [1.29, 1.82) is 0 Å². The van der Waals surface area contributed by atoms with Crippen molar-refractivity contribution in [3.05, 3.63) is 83.4 Å². The summed E-state index contributed by atoms with van der Waals surface area (Å²) in [5, 5.41) is 0. The summed E-state index contributed by atoms with van der Waals surface area (Å²) < 4.78 is 17.3. The first kappa shape index (κ1) is 31.3. The molecule has 6 nitrogen and oxygen atoms in total. The van der Waals surface area contributed by atoms with Crippen molar-refractivity contribution >= 4 is 17.9 Å². The number of ether oxygens (including phenoxy) is 3. The molecule has 0 spiro atoms. The van der Waals surface area contributed by atoms with Gasteiger partial charge in [-0.05, 0) is 85.1 Å². The molecule has 3 aromatic rings. The van der Waals surface area contributed by atoms with Gasteiger partial charge in [-0.3, -0.25) is 9.89 Å². The number of esters is 1. The number of nitrogens with zero attached hydrogens (tertiary/aromatic N) is 2. The zero-order chi connectivity index (χ0) is 29.4. The topological polar surface area (TPSA) is 60.4 Å². The minimum absolute atomic E-state index is 0.395. The fourth-order valence-electron chi connectivity index (χ4n) is 4.96. The largest absolute Gasteiger partial charge is 0.494 e. The Morgan fingerprint density at radius 1 is 0.833 bits per heavy atom. The van der Waals surface area contributed by atoms with Crippen LogP contribution >= 0.6 is 0 Å². The maximum Gasteiger partial charge on any atom is 0.343 e. The molecule has 0 saturated carbocycles. The minimum Gasteiger partial charge on any atom is -0.494 e. The predicted molar refractivity (Wildman–Crippen MR) is 170 cm³/mol. The highest BCUT2D eigenvalue weighted by Gasteiger charge is 2.17. The van der Waals surface area contributed by atoms with Gasteiger partial charge in [0.2, 0.25) is 0 Å². The molecule has 0 bridgehead atoms. The van der Waals surface area contributed by atoms with Crippen LogP contribution in [0.3, 0.4) is 0 Å². The summed E-state index contributed by atoms with van der Waals surface area (Å²) in [6, 6.07) is 20.6. The number of carbonyl (C=O) groups excluding carboxylic acids is 1. The molecule has 0 atom stereocenters. The third kappa shape index (κ3) is 10.3.